The number of hydroxylamine groups is 4. The van der Waals surface area contributed by atoms with Crippen molar-refractivity contribution in [2.45, 2.75) is 31.8 Å². The third kappa shape index (κ3) is 2.49. The molecule has 2 unspecified atom stereocenters. The van der Waals surface area contributed by atoms with Gasteiger partial charge in [0, 0.05) is 12.1 Å². The zero-order chi connectivity index (χ0) is 10.7. The molecule has 0 fully saturated rings. The second-order valence-corrected chi connectivity index (χ2v) is 3.32. The first-order valence-electron chi connectivity index (χ1n) is 4.20. The predicted molar refractivity (Wildman–Crippen MR) is 48.0 cm³/mol. The third-order valence-electron chi connectivity index (χ3n) is 2.34. The van der Waals surface area contributed by atoms with Crippen LogP contribution in [-0.4, -0.2) is 27.7 Å². The zero-order valence-corrected chi connectivity index (χ0v) is 7.79. The van der Waals surface area contributed by atoms with Gasteiger partial charge in [-0.2, -0.15) is 5.90 Å². The Balaban J connectivity index is 2.72. The summed E-state index contributed by atoms with van der Waals surface area (Å²) in [6.07, 6.45) is 2.45. The Labute approximate surface area is 81.4 Å². The standard InChI is InChI=1S/C7H13N3O4/c1-5-2-3-6(9(11)12)7(4-5)10(13)14-8/h2,6-7,11H,3-4,8H2,1H3/q-2. The SMILES string of the molecule is CC1=CCC(N([O-])O)C(N([O-])ON)C1. The van der Waals surface area contributed by atoms with Crippen LogP contribution in [0.5, 0.6) is 0 Å². The van der Waals surface area contributed by atoms with E-state index in [4.69, 9.17) is 11.1 Å². The minimum absolute atomic E-state index is 0.141. The number of hydrogen-bond donors (Lipinski definition) is 2. The molecule has 0 radical (unpaired) electrons. The lowest BCUT2D eigenvalue weighted by Crippen LogP contribution is -2.49. The van der Waals surface area contributed by atoms with E-state index in [1.165, 1.54) is 0 Å². The molecule has 0 aromatic rings. The fourth-order valence-corrected chi connectivity index (χ4v) is 1.56. The molecule has 0 amide bonds. The van der Waals surface area contributed by atoms with E-state index in [1.807, 2.05) is 6.92 Å². The molecule has 0 saturated heterocycles. The molecule has 2 atom stereocenters. The van der Waals surface area contributed by atoms with Gasteiger partial charge in [0.25, 0.3) is 0 Å². The maximum atomic E-state index is 11.1. The summed E-state index contributed by atoms with van der Waals surface area (Å²) >= 11 is 0. The Morgan fingerprint density at radius 2 is 2.21 bits per heavy atom. The minimum atomic E-state index is -0.834. The molecule has 7 heteroatoms. The Morgan fingerprint density at radius 1 is 1.57 bits per heavy atom. The Hall–Kier alpha value is -0.540. The van der Waals surface area contributed by atoms with Crippen LogP contribution in [0.2, 0.25) is 0 Å². The largest absolute Gasteiger partial charge is 0.762 e. The zero-order valence-electron chi connectivity index (χ0n) is 7.79. The summed E-state index contributed by atoms with van der Waals surface area (Å²) < 4.78 is 0. The van der Waals surface area contributed by atoms with Gasteiger partial charge < -0.3 is 15.6 Å². The van der Waals surface area contributed by atoms with E-state index in [0.717, 1.165) is 5.57 Å². The van der Waals surface area contributed by atoms with Gasteiger partial charge in [0.05, 0.1) is 0 Å². The van der Waals surface area contributed by atoms with E-state index < -0.39 is 12.1 Å². The normalized spacial score (nSPS) is 28.4. The number of rotatable bonds is 3. The van der Waals surface area contributed by atoms with E-state index in [-0.39, 0.29) is 10.5 Å². The summed E-state index contributed by atoms with van der Waals surface area (Å²) in [5.74, 6) is 4.70. The summed E-state index contributed by atoms with van der Waals surface area (Å²) in [6, 6.07) is -1.60. The van der Waals surface area contributed by atoms with Gasteiger partial charge in [-0.25, -0.2) is 10.2 Å². The predicted octanol–water partition coefficient (Wildman–Crippen LogP) is 0.258. The van der Waals surface area contributed by atoms with Crippen LogP contribution in [-0.2, 0) is 4.94 Å². The number of hydrogen-bond acceptors (Lipinski definition) is 7. The average molecular weight is 203 g/mol. The lowest BCUT2D eigenvalue weighted by Gasteiger charge is -2.45. The highest BCUT2D eigenvalue weighted by molar-refractivity contribution is 5.10. The van der Waals surface area contributed by atoms with Gasteiger partial charge in [-0.15, -0.1) is 0 Å². The Bertz CT molecular complexity index is 221. The van der Waals surface area contributed by atoms with Crippen molar-refractivity contribution in [3.8, 4) is 0 Å². The molecule has 0 spiro atoms. The van der Waals surface area contributed by atoms with Crippen molar-refractivity contribution in [2.75, 3.05) is 0 Å². The second kappa shape index (κ2) is 4.80. The molecule has 7 nitrogen and oxygen atoms in total. The second-order valence-electron chi connectivity index (χ2n) is 3.32. The van der Waals surface area contributed by atoms with Crippen molar-refractivity contribution in [3.05, 3.63) is 22.1 Å². The minimum Gasteiger partial charge on any atom is -0.762 e. The molecule has 0 saturated carbocycles. The molecule has 1 rings (SSSR count). The van der Waals surface area contributed by atoms with Crippen molar-refractivity contribution in [2.24, 2.45) is 5.90 Å². The smallest absolute Gasteiger partial charge is 0.0446 e. The molecule has 0 heterocycles. The molecule has 14 heavy (non-hydrogen) atoms. The highest BCUT2D eigenvalue weighted by Crippen LogP contribution is 2.25. The fraction of sp³-hybridized carbons (Fsp3) is 0.714. The van der Waals surface area contributed by atoms with Crippen molar-refractivity contribution < 1.29 is 10.1 Å². The lowest BCUT2D eigenvalue weighted by atomic mass is 9.92. The first kappa shape index (κ1) is 11.5. The molecule has 0 bridgehead atoms. The summed E-state index contributed by atoms with van der Waals surface area (Å²) in [6.45, 7) is 1.83. The summed E-state index contributed by atoms with van der Waals surface area (Å²) in [5.41, 5.74) is 0.964. The molecule has 0 aromatic heterocycles. The van der Waals surface area contributed by atoms with Crippen molar-refractivity contribution in [3.63, 3.8) is 0 Å². The molecule has 3 N–H and O–H groups in total. The summed E-state index contributed by atoms with van der Waals surface area (Å²) in [5, 5.41) is 30.5. The van der Waals surface area contributed by atoms with Crippen molar-refractivity contribution in [1.29, 1.82) is 0 Å². The molecule has 1 aliphatic carbocycles. The van der Waals surface area contributed by atoms with Gasteiger partial charge in [-0.1, -0.05) is 11.6 Å². The number of nitrogens with two attached hydrogens (primary N) is 1. The molecule has 1 aliphatic rings. The highest BCUT2D eigenvalue weighted by Gasteiger charge is 2.27. The van der Waals surface area contributed by atoms with Gasteiger partial charge in [0.2, 0.25) is 0 Å². The van der Waals surface area contributed by atoms with Crippen LogP contribution in [0.1, 0.15) is 19.8 Å². The average Bonchev–Trinajstić information content (AvgIpc) is 2.16. The van der Waals surface area contributed by atoms with Crippen LogP contribution < -0.4 is 5.90 Å². The molecule has 0 aliphatic heterocycles. The van der Waals surface area contributed by atoms with Crippen LogP contribution in [0.4, 0.5) is 0 Å². The van der Waals surface area contributed by atoms with E-state index in [0.29, 0.717) is 12.8 Å². The first-order valence-corrected chi connectivity index (χ1v) is 4.20. The van der Waals surface area contributed by atoms with E-state index >= 15 is 0 Å². The Kier molecular flexibility index (Phi) is 3.96. The molecule has 0 aromatic carbocycles. The fourth-order valence-electron chi connectivity index (χ4n) is 1.56. The van der Waals surface area contributed by atoms with Gasteiger partial charge in [0.1, 0.15) is 0 Å². The maximum Gasteiger partial charge on any atom is 0.0446 e. The van der Waals surface area contributed by atoms with E-state index in [1.54, 1.807) is 6.08 Å². The highest BCUT2D eigenvalue weighted by atomic mass is 16.9. The Morgan fingerprint density at radius 3 is 2.71 bits per heavy atom. The van der Waals surface area contributed by atoms with Gasteiger partial charge in [-0.05, 0) is 19.8 Å². The lowest BCUT2D eigenvalue weighted by molar-refractivity contribution is -0.192. The van der Waals surface area contributed by atoms with E-state index in [9.17, 15) is 10.4 Å². The molecular formula is C7H13N3O4-2. The third-order valence-corrected chi connectivity index (χ3v) is 2.34. The summed E-state index contributed by atoms with van der Waals surface area (Å²) in [7, 11) is 0. The van der Waals surface area contributed by atoms with Gasteiger partial charge in [-0.3, -0.25) is 5.23 Å². The summed E-state index contributed by atoms with van der Waals surface area (Å²) in [4.78, 5) is 3.99. The van der Waals surface area contributed by atoms with E-state index in [2.05, 4.69) is 4.94 Å². The van der Waals surface area contributed by atoms with Crippen molar-refractivity contribution in [1.82, 2.24) is 10.5 Å². The van der Waals surface area contributed by atoms with Gasteiger partial charge in [0.15, 0.2) is 0 Å². The molecular weight excluding hydrogens is 190 g/mol. The van der Waals surface area contributed by atoms with Crippen LogP contribution in [0.15, 0.2) is 11.6 Å². The van der Waals surface area contributed by atoms with Gasteiger partial charge >= 0.3 is 0 Å². The quantitative estimate of drug-likeness (QED) is 0.500. The number of nitrogens with zero attached hydrogens (tertiary/aromatic N) is 2. The van der Waals surface area contributed by atoms with Crippen LogP contribution in [0, 0.1) is 10.4 Å². The maximum absolute atomic E-state index is 11.1. The molecule has 82 valence electrons. The topological polar surface area (TPSA) is 108 Å². The first-order chi connectivity index (χ1) is 6.56. The van der Waals surface area contributed by atoms with Crippen LogP contribution >= 0.6 is 0 Å². The van der Waals surface area contributed by atoms with Crippen LogP contribution in [0.3, 0.4) is 0 Å². The van der Waals surface area contributed by atoms with Crippen molar-refractivity contribution >= 4 is 0 Å². The van der Waals surface area contributed by atoms with Crippen LogP contribution in [0.25, 0.3) is 0 Å². The monoisotopic (exact) mass is 203 g/mol.